The van der Waals surface area contributed by atoms with E-state index in [1.165, 1.54) is 6.07 Å². The van der Waals surface area contributed by atoms with Crippen molar-refractivity contribution in [2.45, 2.75) is 24.6 Å². The minimum absolute atomic E-state index is 0.0140. The lowest BCUT2D eigenvalue weighted by atomic mass is 10.1. The van der Waals surface area contributed by atoms with Crippen LogP contribution < -0.4 is 15.2 Å². The molecule has 0 fully saturated rings. The molecule has 0 atom stereocenters. The van der Waals surface area contributed by atoms with Gasteiger partial charge in [0.1, 0.15) is 10.6 Å². The van der Waals surface area contributed by atoms with E-state index in [1.807, 2.05) is 0 Å². The van der Waals surface area contributed by atoms with Crippen molar-refractivity contribution in [1.29, 1.82) is 0 Å². The molecule has 2 aromatic rings. The molecule has 7 nitrogen and oxygen atoms in total. The minimum atomic E-state index is -4.31. The first-order valence-corrected chi connectivity index (χ1v) is 8.99. The smallest absolute Gasteiger partial charge is 0.335 e. The minimum Gasteiger partial charge on any atom is -0.478 e. The Kier molecular flexibility index (Phi) is 5.09. The number of benzene rings is 2. The van der Waals surface area contributed by atoms with E-state index in [0.29, 0.717) is 5.75 Å². The Bertz CT molecular complexity index is 934. The monoisotopic (exact) mass is 366 g/mol. The van der Waals surface area contributed by atoms with Crippen molar-refractivity contribution in [3.05, 3.63) is 48.0 Å². The Morgan fingerprint density at radius 3 is 2.56 bits per heavy atom. The standard InChI is InChI=1S/C17H20N2O5S/c1-2-3-9-19-14-10-12(17(20)21)11-15(25(18,22)23)16(14)24-13-7-5-4-6-8-13/h4-8,10-11,19H,2-3,9H2,1H3,(H,20,21)(H2,18,22,23)/i3D2. The number of carboxylic acids is 1. The summed E-state index contributed by atoms with van der Waals surface area (Å²) in [7, 11) is -4.31. The summed E-state index contributed by atoms with van der Waals surface area (Å²) >= 11 is 0. The number of aromatic carboxylic acids is 1. The molecule has 0 spiro atoms. The van der Waals surface area contributed by atoms with E-state index in [1.54, 1.807) is 37.3 Å². The molecular weight excluding hydrogens is 344 g/mol. The molecule has 0 saturated carbocycles. The Morgan fingerprint density at radius 2 is 2.00 bits per heavy atom. The number of carboxylic acid groups (broad SMARTS) is 1. The highest BCUT2D eigenvalue weighted by Gasteiger charge is 2.23. The zero-order chi connectivity index (χ0) is 20.2. The van der Waals surface area contributed by atoms with Crippen molar-refractivity contribution < 1.29 is 25.8 Å². The average Bonchev–Trinajstić information content (AvgIpc) is 2.60. The topological polar surface area (TPSA) is 119 Å². The average molecular weight is 366 g/mol. The predicted octanol–water partition coefficient (Wildman–Crippen LogP) is 3.04. The first kappa shape index (κ1) is 15.9. The molecule has 2 aromatic carbocycles. The van der Waals surface area contributed by atoms with Gasteiger partial charge in [0, 0.05) is 9.29 Å². The molecule has 0 aliphatic heterocycles. The largest absolute Gasteiger partial charge is 0.478 e. The molecule has 8 heteroatoms. The molecule has 134 valence electrons. The van der Waals surface area contributed by atoms with Crippen LogP contribution in [0.15, 0.2) is 47.4 Å². The second kappa shape index (κ2) is 8.00. The van der Waals surface area contributed by atoms with Gasteiger partial charge < -0.3 is 15.2 Å². The second-order valence-corrected chi connectivity index (χ2v) is 6.60. The first-order chi connectivity index (χ1) is 12.5. The third-order valence-electron chi connectivity index (χ3n) is 3.23. The van der Waals surface area contributed by atoms with Crippen LogP contribution in [0.4, 0.5) is 5.69 Å². The molecule has 25 heavy (non-hydrogen) atoms. The number of primary sulfonamides is 1. The molecule has 0 unspecified atom stereocenters. The van der Waals surface area contributed by atoms with Crippen molar-refractivity contribution in [3.8, 4) is 11.5 Å². The molecule has 2 rings (SSSR count). The summed E-state index contributed by atoms with van der Waals surface area (Å²) in [6, 6.07) is 10.4. The van der Waals surface area contributed by atoms with Crippen LogP contribution in [0.25, 0.3) is 0 Å². The number of nitrogens with two attached hydrogens (primary N) is 1. The SMILES string of the molecule is [2H]C([2H])(CC)CNc1cc(C(=O)O)cc(S(N)(=O)=O)c1Oc1ccccc1. The Labute approximate surface area is 149 Å². The van der Waals surface area contributed by atoms with Gasteiger partial charge in [-0.2, -0.15) is 0 Å². The maximum atomic E-state index is 12.0. The van der Waals surface area contributed by atoms with Crippen molar-refractivity contribution in [2.75, 3.05) is 11.9 Å². The Morgan fingerprint density at radius 1 is 1.32 bits per heavy atom. The van der Waals surface area contributed by atoms with Crippen LogP contribution in [0.5, 0.6) is 11.5 Å². The van der Waals surface area contributed by atoms with Crippen LogP contribution in [-0.2, 0) is 10.0 Å². The van der Waals surface area contributed by atoms with Crippen LogP contribution in [0.3, 0.4) is 0 Å². The van der Waals surface area contributed by atoms with Gasteiger partial charge in [-0.05, 0) is 30.6 Å². The highest BCUT2D eigenvalue weighted by Crippen LogP contribution is 2.37. The number of rotatable bonds is 8. The number of hydrogen-bond acceptors (Lipinski definition) is 5. The highest BCUT2D eigenvalue weighted by atomic mass is 32.2. The van der Waals surface area contributed by atoms with Crippen molar-refractivity contribution in [2.24, 2.45) is 5.14 Å². The summed E-state index contributed by atoms with van der Waals surface area (Å²) in [4.78, 5) is 10.9. The van der Waals surface area contributed by atoms with E-state index >= 15 is 0 Å². The van der Waals surface area contributed by atoms with Gasteiger partial charge in [0.25, 0.3) is 0 Å². The predicted molar refractivity (Wildman–Crippen MR) is 94.7 cm³/mol. The van der Waals surface area contributed by atoms with E-state index in [2.05, 4.69) is 5.32 Å². The molecule has 0 aliphatic carbocycles. The fraction of sp³-hybridized carbons (Fsp3) is 0.235. The second-order valence-electron chi connectivity index (χ2n) is 5.07. The number of carbonyl (C=O) groups is 1. The summed E-state index contributed by atoms with van der Waals surface area (Å²) in [6.45, 7) is 1.48. The summed E-state index contributed by atoms with van der Waals surface area (Å²) in [5, 5.41) is 17.3. The van der Waals surface area contributed by atoms with Crippen LogP contribution in [0.2, 0.25) is 0 Å². The number of ether oxygens (including phenoxy) is 1. The summed E-state index contributed by atoms with van der Waals surface area (Å²) < 4.78 is 45.4. The Balaban J connectivity index is 2.62. The van der Waals surface area contributed by atoms with Crippen LogP contribution in [0.1, 0.15) is 32.8 Å². The maximum Gasteiger partial charge on any atom is 0.335 e. The fourth-order valence-corrected chi connectivity index (χ4v) is 2.76. The van der Waals surface area contributed by atoms with E-state index in [-0.39, 0.29) is 30.0 Å². The summed E-state index contributed by atoms with van der Waals surface area (Å²) in [5.41, 5.74) is -0.306. The normalized spacial score (nSPS) is 12.9. The zero-order valence-electron chi connectivity index (χ0n) is 15.5. The fourth-order valence-electron chi connectivity index (χ4n) is 2.06. The van der Waals surface area contributed by atoms with Gasteiger partial charge in [-0.15, -0.1) is 0 Å². The van der Waals surface area contributed by atoms with Crippen molar-refractivity contribution >= 4 is 21.7 Å². The van der Waals surface area contributed by atoms with Gasteiger partial charge in [0.2, 0.25) is 10.0 Å². The van der Waals surface area contributed by atoms with Crippen molar-refractivity contribution in [1.82, 2.24) is 0 Å². The molecule has 0 aromatic heterocycles. The maximum absolute atomic E-state index is 12.0. The molecule has 4 N–H and O–H groups in total. The zero-order valence-corrected chi connectivity index (χ0v) is 14.3. The molecule has 0 bridgehead atoms. The van der Waals surface area contributed by atoms with Gasteiger partial charge >= 0.3 is 5.97 Å². The molecule has 0 heterocycles. The van der Waals surface area contributed by atoms with E-state index in [9.17, 15) is 18.3 Å². The number of para-hydroxylation sites is 1. The van der Waals surface area contributed by atoms with E-state index in [4.69, 9.17) is 12.6 Å². The quantitative estimate of drug-likeness (QED) is 0.661. The van der Waals surface area contributed by atoms with Gasteiger partial charge in [0.15, 0.2) is 5.75 Å². The third-order valence-corrected chi connectivity index (χ3v) is 4.14. The molecule has 0 aliphatic rings. The first-order valence-electron chi connectivity index (χ1n) is 8.44. The molecule has 0 saturated heterocycles. The van der Waals surface area contributed by atoms with Crippen LogP contribution in [0, 0.1) is 0 Å². The van der Waals surface area contributed by atoms with Gasteiger partial charge in [-0.1, -0.05) is 31.5 Å². The lowest BCUT2D eigenvalue weighted by Gasteiger charge is -2.17. The number of sulfonamides is 1. The summed E-state index contributed by atoms with van der Waals surface area (Å²) in [6.07, 6.45) is -1.39. The van der Waals surface area contributed by atoms with E-state index in [0.717, 1.165) is 6.07 Å². The van der Waals surface area contributed by atoms with Crippen molar-refractivity contribution in [3.63, 3.8) is 0 Å². The lowest BCUT2D eigenvalue weighted by molar-refractivity contribution is 0.0696. The van der Waals surface area contributed by atoms with Gasteiger partial charge in [-0.25, -0.2) is 18.4 Å². The van der Waals surface area contributed by atoms with Gasteiger partial charge in [0.05, 0.1) is 11.3 Å². The summed E-state index contributed by atoms with van der Waals surface area (Å²) in [5.74, 6) is -1.24. The number of anilines is 1. The number of hydrogen-bond donors (Lipinski definition) is 3. The number of nitrogens with one attached hydrogen (secondary N) is 1. The Hall–Kier alpha value is -2.58. The lowest BCUT2D eigenvalue weighted by Crippen LogP contribution is -2.16. The highest BCUT2D eigenvalue weighted by molar-refractivity contribution is 7.89. The third kappa shape index (κ3) is 4.94. The van der Waals surface area contributed by atoms with Crippen LogP contribution in [-0.4, -0.2) is 26.0 Å². The van der Waals surface area contributed by atoms with E-state index < -0.39 is 27.3 Å². The van der Waals surface area contributed by atoms with Gasteiger partial charge in [-0.3, -0.25) is 0 Å². The molecule has 0 radical (unpaired) electrons. The van der Waals surface area contributed by atoms with Crippen LogP contribution >= 0.6 is 0 Å². The molecular formula is C17H20N2O5S. The molecule has 0 amide bonds.